The first-order valence-corrected chi connectivity index (χ1v) is 12.1. The zero-order chi connectivity index (χ0) is 23.6. The van der Waals surface area contributed by atoms with Gasteiger partial charge in [0, 0.05) is 30.9 Å². The molecular formula is C24H23F3N6S. The van der Waals surface area contributed by atoms with Crippen LogP contribution in [0.1, 0.15) is 19.0 Å². The number of hydrogen-bond acceptors (Lipinski definition) is 6. The maximum absolute atomic E-state index is 13.8. The van der Waals surface area contributed by atoms with E-state index in [1.165, 1.54) is 5.00 Å². The number of halogens is 3. The smallest absolute Gasteiger partial charge is 0.243 e. The molecular weight excluding hydrogens is 461 g/mol. The first-order valence-electron chi connectivity index (χ1n) is 11.3. The van der Waals surface area contributed by atoms with Crippen LogP contribution < -0.4 is 10.2 Å². The summed E-state index contributed by atoms with van der Waals surface area (Å²) in [5.74, 6) is -2.02. The highest BCUT2D eigenvalue weighted by atomic mass is 32.1. The number of piperidine rings is 1. The molecule has 4 heterocycles. The van der Waals surface area contributed by atoms with Crippen LogP contribution in [0.2, 0.25) is 0 Å². The number of anilines is 2. The van der Waals surface area contributed by atoms with E-state index in [4.69, 9.17) is 0 Å². The largest absolute Gasteiger partial charge is 0.361 e. The van der Waals surface area contributed by atoms with Crippen LogP contribution in [0.3, 0.4) is 0 Å². The van der Waals surface area contributed by atoms with E-state index >= 15 is 0 Å². The fourth-order valence-corrected chi connectivity index (χ4v) is 6.33. The molecule has 4 aromatic rings. The number of benzene rings is 1. The minimum Gasteiger partial charge on any atom is -0.361 e. The lowest BCUT2D eigenvalue weighted by Gasteiger charge is -2.39. The minimum absolute atomic E-state index is 0.211. The van der Waals surface area contributed by atoms with E-state index in [2.05, 4.69) is 37.7 Å². The monoisotopic (exact) mass is 484 g/mol. The Morgan fingerprint density at radius 2 is 1.91 bits per heavy atom. The van der Waals surface area contributed by atoms with Crippen molar-refractivity contribution in [3.63, 3.8) is 0 Å². The van der Waals surface area contributed by atoms with Gasteiger partial charge >= 0.3 is 0 Å². The highest BCUT2D eigenvalue weighted by molar-refractivity contribution is 7.10. The van der Waals surface area contributed by atoms with Gasteiger partial charge in [0.05, 0.1) is 5.69 Å². The summed E-state index contributed by atoms with van der Waals surface area (Å²) in [5, 5.41) is 9.35. The highest BCUT2D eigenvalue weighted by Gasteiger charge is 2.47. The molecule has 4 atom stereocenters. The molecule has 0 spiro atoms. The number of pyridine rings is 1. The Morgan fingerprint density at radius 1 is 1.12 bits per heavy atom. The van der Waals surface area contributed by atoms with E-state index in [9.17, 15) is 13.2 Å². The van der Waals surface area contributed by atoms with Gasteiger partial charge in [-0.2, -0.15) is 9.36 Å². The predicted molar refractivity (Wildman–Crippen MR) is 126 cm³/mol. The number of aryl methyl sites for hydroxylation is 1. The molecule has 6 nitrogen and oxygen atoms in total. The summed E-state index contributed by atoms with van der Waals surface area (Å²) in [6.45, 7) is 6.22. The molecule has 6 rings (SSSR count). The van der Waals surface area contributed by atoms with Gasteiger partial charge in [0.15, 0.2) is 23.1 Å². The summed E-state index contributed by atoms with van der Waals surface area (Å²) in [7, 11) is 0. The topological polar surface area (TPSA) is 58.4 Å². The lowest BCUT2D eigenvalue weighted by Crippen LogP contribution is -2.48. The second-order valence-corrected chi connectivity index (χ2v) is 10.2. The van der Waals surface area contributed by atoms with Gasteiger partial charge < -0.3 is 10.2 Å². The van der Waals surface area contributed by atoms with E-state index in [0.29, 0.717) is 34.9 Å². The summed E-state index contributed by atoms with van der Waals surface area (Å²) in [5.41, 5.74) is 2.19. The predicted octanol–water partition coefficient (Wildman–Crippen LogP) is 5.15. The second-order valence-electron chi connectivity index (χ2n) is 9.40. The summed E-state index contributed by atoms with van der Waals surface area (Å²) < 4.78 is 47.2. The van der Waals surface area contributed by atoms with Crippen molar-refractivity contribution < 1.29 is 13.2 Å². The zero-order valence-electron chi connectivity index (χ0n) is 18.7. The van der Waals surface area contributed by atoms with Gasteiger partial charge in [-0.25, -0.2) is 17.7 Å². The summed E-state index contributed by atoms with van der Waals surface area (Å²) >= 11 is 1.55. The first kappa shape index (κ1) is 21.4. The summed E-state index contributed by atoms with van der Waals surface area (Å²) in [4.78, 5) is 7.09. The molecule has 1 saturated carbocycles. The maximum Gasteiger partial charge on any atom is 0.243 e. The van der Waals surface area contributed by atoms with Crippen molar-refractivity contribution in [3.05, 3.63) is 59.7 Å². The average molecular weight is 485 g/mol. The fourth-order valence-electron chi connectivity index (χ4n) is 5.55. The molecule has 2 aliphatic rings. The van der Waals surface area contributed by atoms with Gasteiger partial charge in [-0.05, 0) is 78.5 Å². The molecule has 34 heavy (non-hydrogen) atoms. The van der Waals surface area contributed by atoms with Crippen molar-refractivity contribution in [3.8, 4) is 11.1 Å². The summed E-state index contributed by atoms with van der Waals surface area (Å²) in [6.07, 6.45) is 2.86. The number of hydrogen-bond donors (Lipinski definition) is 1. The van der Waals surface area contributed by atoms with Gasteiger partial charge in [-0.15, -0.1) is 5.10 Å². The Morgan fingerprint density at radius 3 is 2.62 bits per heavy atom. The van der Waals surface area contributed by atoms with Crippen LogP contribution in [-0.2, 0) is 0 Å². The zero-order valence-corrected chi connectivity index (χ0v) is 19.5. The van der Waals surface area contributed by atoms with Crippen LogP contribution in [0.25, 0.3) is 16.8 Å². The van der Waals surface area contributed by atoms with Crippen molar-refractivity contribution in [2.45, 2.75) is 26.3 Å². The lowest BCUT2D eigenvalue weighted by molar-refractivity contribution is 0.352. The number of nitrogens with one attached hydrogen (secondary N) is 1. The second kappa shape index (κ2) is 7.97. The Hall–Kier alpha value is -3.14. The van der Waals surface area contributed by atoms with Gasteiger partial charge in [0.1, 0.15) is 5.00 Å². The van der Waals surface area contributed by atoms with Crippen LogP contribution in [0.15, 0.2) is 36.5 Å². The molecule has 1 saturated heterocycles. The quantitative estimate of drug-likeness (QED) is 0.406. The molecule has 1 aromatic carbocycles. The van der Waals surface area contributed by atoms with Crippen LogP contribution in [0.5, 0.6) is 0 Å². The standard InChI is InChI=1S/C24H23F3N6S/c1-12-6-15-10-32(20-7-13(2)31-34-20)11-17(12)22(15)28-24-29-23-16(4-3-5-33(23)30-24)14-8-18(25)21(27)19(26)9-14/h3-5,7-9,12,15,17,22H,6,10-11H2,1-2H3,(H,28,30)/t12?,15-,17-,22-/m0/s1. The average Bonchev–Trinajstić information content (AvgIpc) is 3.47. The van der Waals surface area contributed by atoms with Gasteiger partial charge in [-0.1, -0.05) is 6.92 Å². The summed E-state index contributed by atoms with van der Waals surface area (Å²) in [6, 6.07) is 7.77. The van der Waals surface area contributed by atoms with Gasteiger partial charge in [0.25, 0.3) is 0 Å². The third-order valence-electron chi connectivity index (χ3n) is 7.14. The third kappa shape index (κ3) is 3.51. The molecule has 0 amide bonds. The van der Waals surface area contributed by atoms with E-state index in [0.717, 1.165) is 37.3 Å². The molecule has 1 aliphatic carbocycles. The Kier molecular flexibility index (Phi) is 5.02. The molecule has 176 valence electrons. The Bertz CT molecular complexity index is 1360. The normalized spacial score (nSPS) is 24.2. The van der Waals surface area contributed by atoms with Crippen molar-refractivity contribution in [2.75, 3.05) is 23.3 Å². The molecule has 3 aromatic heterocycles. The number of fused-ring (bicyclic) bond motifs is 3. The van der Waals surface area contributed by atoms with Crippen molar-refractivity contribution >= 4 is 28.1 Å². The third-order valence-corrected chi connectivity index (χ3v) is 8.08. The van der Waals surface area contributed by atoms with E-state index < -0.39 is 17.5 Å². The number of aromatic nitrogens is 4. The SMILES string of the molecule is Cc1cc(N2C[C@@H]3CC(C)[C@H](C2)[C@H]3Nc2nc3c(-c4cc(F)c(F)c(F)c4)cccn3n2)sn1. The molecule has 2 bridgehead atoms. The maximum atomic E-state index is 13.8. The Labute approximate surface area is 198 Å². The molecule has 1 unspecified atom stereocenters. The fraction of sp³-hybridized carbons (Fsp3) is 0.375. The van der Waals surface area contributed by atoms with Gasteiger partial charge in [-0.3, -0.25) is 0 Å². The van der Waals surface area contributed by atoms with Crippen LogP contribution in [0, 0.1) is 42.1 Å². The van der Waals surface area contributed by atoms with E-state index in [1.54, 1.807) is 34.4 Å². The van der Waals surface area contributed by atoms with Crippen molar-refractivity contribution in [2.24, 2.45) is 17.8 Å². The number of nitrogens with zero attached hydrogens (tertiary/aromatic N) is 5. The number of rotatable bonds is 4. The molecule has 0 radical (unpaired) electrons. The molecule has 1 N–H and O–H groups in total. The lowest BCUT2D eigenvalue weighted by atomic mass is 9.90. The van der Waals surface area contributed by atoms with Crippen molar-refractivity contribution in [1.29, 1.82) is 0 Å². The van der Waals surface area contributed by atoms with E-state index in [1.807, 2.05) is 6.92 Å². The Balaban J connectivity index is 1.29. The van der Waals surface area contributed by atoms with Crippen LogP contribution in [-0.4, -0.2) is 38.1 Å². The minimum atomic E-state index is -1.48. The molecule has 1 aliphatic heterocycles. The van der Waals surface area contributed by atoms with Crippen LogP contribution in [0.4, 0.5) is 24.1 Å². The highest BCUT2D eigenvalue weighted by Crippen LogP contribution is 2.44. The molecule has 10 heteroatoms. The van der Waals surface area contributed by atoms with E-state index in [-0.39, 0.29) is 11.6 Å². The van der Waals surface area contributed by atoms with Gasteiger partial charge in [0.2, 0.25) is 5.95 Å². The van der Waals surface area contributed by atoms with Crippen molar-refractivity contribution in [1.82, 2.24) is 19.0 Å². The molecule has 2 fully saturated rings. The first-order chi connectivity index (χ1) is 16.4. The van der Waals surface area contributed by atoms with Crippen LogP contribution >= 0.6 is 11.5 Å².